The number of rotatable bonds is 10. The molecule has 3 amide bonds. The highest BCUT2D eigenvalue weighted by Crippen LogP contribution is 2.28. The lowest BCUT2D eigenvalue weighted by atomic mass is 9.82. The highest BCUT2D eigenvalue weighted by Gasteiger charge is 2.44. The molecule has 1 aromatic carbocycles. The number of hydrogen-bond donors (Lipinski definition) is 5. The van der Waals surface area contributed by atoms with Crippen molar-refractivity contribution in [3.05, 3.63) is 35.4 Å². The zero-order valence-electron chi connectivity index (χ0n) is 19.6. The minimum Gasteiger partial charge on any atom is -0.351 e. The molecule has 33 heavy (non-hydrogen) atoms. The van der Waals surface area contributed by atoms with Crippen LogP contribution in [0.1, 0.15) is 62.7 Å². The fourth-order valence-corrected chi connectivity index (χ4v) is 4.77. The second-order valence-electron chi connectivity index (χ2n) is 9.14. The van der Waals surface area contributed by atoms with Crippen LogP contribution in [0.2, 0.25) is 0 Å². The fraction of sp³-hybridized carbons (Fsp3) is 0.625. The van der Waals surface area contributed by atoms with Crippen molar-refractivity contribution in [3.63, 3.8) is 0 Å². The van der Waals surface area contributed by atoms with Crippen LogP contribution in [0.4, 0.5) is 0 Å². The molecule has 0 spiro atoms. The average Bonchev–Trinajstić information content (AvgIpc) is 2.78. The number of carbonyl (C=O) groups excluding carboxylic acids is 3. The Labute approximate surface area is 196 Å². The van der Waals surface area contributed by atoms with Gasteiger partial charge in [-0.1, -0.05) is 43.5 Å². The van der Waals surface area contributed by atoms with Crippen LogP contribution >= 0.6 is 0 Å². The van der Waals surface area contributed by atoms with Crippen molar-refractivity contribution in [2.24, 2.45) is 17.4 Å². The van der Waals surface area contributed by atoms with Gasteiger partial charge in [0.05, 0.1) is 6.17 Å². The van der Waals surface area contributed by atoms with Gasteiger partial charge in [-0.2, -0.15) is 0 Å². The number of nitrogens with two attached hydrogens (primary N) is 3. The summed E-state index contributed by atoms with van der Waals surface area (Å²) in [6.07, 6.45) is 5.55. The fourth-order valence-electron chi connectivity index (χ4n) is 4.77. The third-order valence-corrected chi connectivity index (χ3v) is 6.81. The van der Waals surface area contributed by atoms with Crippen molar-refractivity contribution in [2.45, 2.75) is 70.2 Å². The van der Waals surface area contributed by atoms with Crippen LogP contribution < -0.4 is 27.4 Å². The molecule has 9 heteroatoms. The first kappa shape index (κ1) is 25.1. The third kappa shape index (κ3) is 6.75. The van der Waals surface area contributed by atoms with Crippen molar-refractivity contribution < 1.29 is 19.7 Å². The Morgan fingerprint density at radius 3 is 2.33 bits per heavy atom. The topological polar surface area (TPSA) is 147 Å². The normalized spacial score (nSPS) is 19.6. The number of nitrogens with zero attached hydrogens (tertiary/aromatic N) is 1. The number of benzene rings is 1. The molecule has 0 bridgehead atoms. The maximum absolute atomic E-state index is 13.4. The van der Waals surface area contributed by atoms with E-state index in [9.17, 15) is 14.4 Å². The molecule has 0 radical (unpaired) electrons. The Hall–Kier alpha value is -2.49. The van der Waals surface area contributed by atoms with E-state index in [0.717, 1.165) is 36.8 Å². The average molecular weight is 460 g/mol. The van der Waals surface area contributed by atoms with Gasteiger partial charge in [0.1, 0.15) is 6.04 Å². The lowest BCUT2D eigenvalue weighted by molar-refractivity contribution is -0.674. The molecule has 1 aliphatic heterocycles. The second kappa shape index (κ2) is 12.1. The van der Waals surface area contributed by atoms with Crippen LogP contribution in [0.5, 0.6) is 0 Å². The standard InChI is InChI=1S/C24H38N6O3/c1-2-27-20(31)15-28-21(17-6-4-3-5-7-17)24(33)30-13-12-19(30)23(32)29-14-16-8-10-18(11-9-16)22(25)26/h8-11,17,19,21-22,28H,2-7,12-15,25-26H2,1H3,(H,27,31)(H,29,32)/p+1/t19-,21+/m0/s1. The van der Waals surface area contributed by atoms with E-state index in [-0.39, 0.29) is 36.2 Å². The first-order valence-corrected chi connectivity index (χ1v) is 12.2. The summed E-state index contributed by atoms with van der Waals surface area (Å²) in [6.45, 7) is 3.65. The number of nitrogens with one attached hydrogen (secondary N) is 2. The van der Waals surface area contributed by atoms with Crippen LogP contribution in [-0.2, 0) is 20.9 Å². The summed E-state index contributed by atoms with van der Waals surface area (Å²) in [4.78, 5) is 40.0. The van der Waals surface area contributed by atoms with E-state index in [0.29, 0.717) is 26.1 Å². The Kier molecular flexibility index (Phi) is 9.22. The monoisotopic (exact) mass is 459 g/mol. The largest absolute Gasteiger partial charge is 0.351 e. The van der Waals surface area contributed by atoms with Crippen LogP contribution in [0, 0.1) is 5.92 Å². The molecule has 2 fully saturated rings. The molecular formula is C24H39N6O3+. The summed E-state index contributed by atoms with van der Waals surface area (Å²) in [7, 11) is 0. The third-order valence-electron chi connectivity index (χ3n) is 6.81. The summed E-state index contributed by atoms with van der Waals surface area (Å²) in [5.74, 6) is 0.0299. The molecule has 182 valence electrons. The quantitative estimate of drug-likeness (QED) is 0.298. The van der Waals surface area contributed by atoms with E-state index < -0.39 is 12.2 Å². The predicted molar refractivity (Wildman–Crippen MR) is 125 cm³/mol. The Morgan fingerprint density at radius 1 is 1.06 bits per heavy atom. The predicted octanol–water partition coefficient (Wildman–Crippen LogP) is -0.532. The summed E-state index contributed by atoms with van der Waals surface area (Å²) >= 11 is 0. The van der Waals surface area contributed by atoms with Crippen molar-refractivity contribution in [3.8, 4) is 0 Å². The molecule has 3 rings (SSSR count). The molecule has 9 nitrogen and oxygen atoms in total. The summed E-state index contributed by atoms with van der Waals surface area (Å²) in [5.41, 5.74) is 13.1. The Morgan fingerprint density at radius 2 is 1.76 bits per heavy atom. The molecule has 1 heterocycles. The smallest absolute Gasteiger partial charge is 0.281 e. The van der Waals surface area contributed by atoms with E-state index >= 15 is 0 Å². The Bertz CT molecular complexity index is 807. The van der Waals surface area contributed by atoms with Crippen molar-refractivity contribution in [1.82, 2.24) is 15.5 Å². The molecule has 1 aliphatic carbocycles. The molecular weight excluding hydrogens is 420 g/mol. The van der Waals surface area contributed by atoms with E-state index in [4.69, 9.17) is 11.5 Å². The van der Waals surface area contributed by atoms with Crippen molar-refractivity contribution in [2.75, 3.05) is 19.6 Å². The summed E-state index contributed by atoms with van der Waals surface area (Å²) in [5, 5.41) is 7.62. The van der Waals surface area contributed by atoms with Crippen LogP contribution in [-0.4, -0.2) is 54.3 Å². The number of amides is 3. The van der Waals surface area contributed by atoms with Crippen LogP contribution in [0.3, 0.4) is 0 Å². The van der Waals surface area contributed by atoms with E-state index in [1.54, 1.807) is 4.90 Å². The molecule has 1 saturated carbocycles. The molecule has 0 aromatic heterocycles. The van der Waals surface area contributed by atoms with Gasteiger partial charge in [0.2, 0.25) is 5.91 Å². The minimum absolute atomic E-state index is 0.0149. The lowest BCUT2D eigenvalue weighted by Gasteiger charge is -2.42. The van der Waals surface area contributed by atoms with Gasteiger partial charge in [-0.15, -0.1) is 0 Å². The molecule has 0 unspecified atom stereocenters. The van der Waals surface area contributed by atoms with Gasteiger partial charge in [-0.05, 0) is 37.3 Å². The summed E-state index contributed by atoms with van der Waals surface area (Å²) in [6, 6.07) is 6.73. The number of hydrogen-bond acceptors (Lipinski definition) is 5. The molecule has 2 aliphatic rings. The number of likely N-dealkylation sites (N-methyl/N-ethyl adjacent to an activating group) is 1. The summed E-state index contributed by atoms with van der Waals surface area (Å²) < 4.78 is 0. The van der Waals surface area contributed by atoms with Crippen molar-refractivity contribution in [1.29, 1.82) is 0 Å². The SMILES string of the molecule is CCNC(=O)C[NH2+][C@@H](C(=O)N1CC[C@H]1C(=O)NCc1ccc(C(N)N)cc1)C1CCCCC1. The maximum Gasteiger partial charge on any atom is 0.281 e. The molecule has 2 atom stereocenters. The number of quaternary nitrogens is 1. The van der Waals surface area contributed by atoms with Gasteiger partial charge in [0.25, 0.3) is 11.8 Å². The molecule has 1 saturated heterocycles. The zero-order chi connectivity index (χ0) is 23.8. The van der Waals surface area contributed by atoms with Gasteiger partial charge in [-0.25, -0.2) is 0 Å². The van der Waals surface area contributed by atoms with Crippen molar-refractivity contribution >= 4 is 17.7 Å². The first-order chi connectivity index (χ1) is 15.9. The van der Waals surface area contributed by atoms with E-state index in [2.05, 4.69) is 10.6 Å². The van der Waals surface area contributed by atoms with Gasteiger partial charge in [0, 0.05) is 25.6 Å². The molecule has 8 N–H and O–H groups in total. The maximum atomic E-state index is 13.4. The second-order valence-corrected chi connectivity index (χ2v) is 9.14. The number of carbonyl (C=O) groups is 3. The molecule has 1 aromatic rings. The highest BCUT2D eigenvalue weighted by molar-refractivity contribution is 5.91. The van der Waals surface area contributed by atoms with Gasteiger partial charge in [0.15, 0.2) is 12.6 Å². The van der Waals surface area contributed by atoms with Crippen LogP contribution in [0.15, 0.2) is 24.3 Å². The Balaban J connectivity index is 1.57. The number of likely N-dealkylation sites (tertiary alicyclic amines) is 1. The van der Waals surface area contributed by atoms with Crippen LogP contribution in [0.25, 0.3) is 0 Å². The van der Waals surface area contributed by atoms with Gasteiger partial charge < -0.3 is 32.3 Å². The first-order valence-electron chi connectivity index (χ1n) is 12.2. The zero-order valence-corrected chi connectivity index (χ0v) is 19.6. The van der Waals surface area contributed by atoms with Gasteiger partial charge >= 0.3 is 0 Å². The van der Waals surface area contributed by atoms with Gasteiger partial charge in [-0.3, -0.25) is 14.4 Å². The highest BCUT2D eigenvalue weighted by atomic mass is 16.2. The van der Waals surface area contributed by atoms with E-state index in [1.807, 2.05) is 36.5 Å². The lowest BCUT2D eigenvalue weighted by Crippen LogP contribution is -2.96. The van der Waals surface area contributed by atoms with E-state index in [1.165, 1.54) is 6.42 Å². The minimum atomic E-state index is -0.523.